The number of nitrogens with one attached hydrogen (secondary N) is 2. The number of benzene rings is 3. The van der Waals surface area contributed by atoms with Crippen molar-refractivity contribution in [1.82, 2.24) is 0 Å². The van der Waals surface area contributed by atoms with E-state index in [1.54, 1.807) is 24.3 Å². The van der Waals surface area contributed by atoms with Crippen molar-refractivity contribution in [3.63, 3.8) is 0 Å². The zero-order chi connectivity index (χ0) is 26.7. The van der Waals surface area contributed by atoms with E-state index >= 15 is 0 Å². The highest BCUT2D eigenvalue weighted by Gasteiger charge is 2.36. The molecule has 0 aliphatic carbocycles. The summed E-state index contributed by atoms with van der Waals surface area (Å²) in [4.78, 5) is 26.3. The zero-order valence-electron chi connectivity index (χ0n) is 18.6. The number of rotatable bonds is 6. The first kappa shape index (κ1) is 26.6. The molecule has 190 valence electrons. The highest BCUT2D eigenvalue weighted by molar-refractivity contribution is 8.19. The quantitative estimate of drug-likeness (QED) is 0.313. The Morgan fingerprint density at radius 3 is 2.46 bits per heavy atom. The van der Waals surface area contributed by atoms with Crippen LogP contribution in [0.25, 0.3) is 6.08 Å². The summed E-state index contributed by atoms with van der Waals surface area (Å²) < 4.78 is 45.0. The number of carbonyl (C=O) groups is 2. The second kappa shape index (κ2) is 10.9. The van der Waals surface area contributed by atoms with E-state index in [9.17, 15) is 22.8 Å². The number of carbonyl (C=O) groups excluding carboxylic acids is 2. The van der Waals surface area contributed by atoms with Gasteiger partial charge in [-0.05, 0) is 78.5 Å². The maximum absolute atomic E-state index is 13.1. The first-order valence-corrected chi connectivity index (χ1v) is 12.1. The maximum Gasteiger partial charge on any atom is 0.416 e. The minimum atomic E-state index is -4.60. The first-order valence-electron chi connectivity index (χ1n) is 10.5. The summed E-state index contributed by atoms with van der Waals surface area (Å²) in [6, 6.07) is 15.3. The van der Waals surface area contributed by atoms with Gasteiger partial charge in [0.05, 0.1) is 16.2 Å². The van der Waals surface area contributed by atoms with Crippen molar-refractivity contribution >= 4 is 69.4 Å². The highest BCUT2D eigenvalue weighted by atomic mass is 35.5. The number of anilines is 2. The molecule has 2 N–H and O–H groups in total. The van der Waals surface area contributed by atoms with Crippen LogP contribution in [-0.2, 0) is 15.8 Å². The van der Waals surface area contributed by atoms with Gasteiger partial charge in [0.1, 0.15) is 5.75 Å². The fourth-order valence-electron chi connectivity index (χ4n) is 3.32. The predicted octanol–water partition coefficient (Wildman–Crippen LogP) is 7.09. The van der Waals surface area contributed by atoms with Crippen LogP contribution in [0.3, 0.4) is 0 Å². The molecule has 12 heteroatoms. The Kier molecular flexibility index (Phi) is 7.82. The fraction of sp³-hybridized carbons (Fsp3) is 0.0800. The number of ether oxygens (including phenoxy) is 1. The molecule has 1 saturated heterocycles. The van der Waals surface area contributed by atoms with E-state index in [1.165, 1.54) is 36.4 Å². The van der Waals surface area contributed by atoms with Crippen molar-refractivity contribution in [2.24, 2.45) is 0 Å². The van der Waals surface area contributed by atoms with Crippen LogP contribution < -0.4 is 15.0 Å². The van der Waals surface area contributed by atoms with Crippen molar-refractivity contribution in [3.8, 4) is 5.75 Å². The van der Waals surface area contributed by atoms with Crippen molar-refractivity contribution in [2.75, 3.05) is 16.8 Å². The van der Waals surface area contributed by atoms with E-state index in [4.69, 9.17) is 33.3 Å². The molecule has 37 heavy (non-hydrogen) atoms. The second-order valence-electron chi connectivity index (χ2n) is 7.63. The minimum absolute atomic E-state index is 0.0696. The van der Waals surface area contributed by atoms with Crippen molar-refractivity contribution < 1.29 is 27.5 Å². The van der Waals surface area contributed by atoms with E-state index in [0.29, 0.717) is 21.3 Å². The van der Waals surface area contributed by atoms with Gasteiger partial charge >= 0.3 is 6.18 Å². The molecule has 1 aliphatic rings. The molecule has 0 aromatic heterocycles. The summed E-state index contributed by atoms with van der Waals surface area (Å²) in [6.45, 7) is -0.353. The Balaban J connectivity index is 1.53. The SMILES string of the molecule is N=C1S/C(=C\c2cc(Cl)ccc2OCC(=O)Nc2ccc(Cl)cc2)C(=O)N1c1cccc(C(F)(F)F)c1. The van der Waals surface area contributed by atoms with Crippen LogP contribution in [0.2, 0.25) is 10.0 Å². The molecule has 6 nitrogen and oxygen atoms in total. The molecule has 3 aromatic carbocycles. The van der Waals surface area contributed by atoms with Gasteiger partial charge in [0.15, 0.2) is 11.8 Å². The summed E-state index contributed by atoms with van der Waals surface area (Å²) in [7, 11) is 0. The smallest absolute Gasteiger partial charge is 0.416 e. The lowest BCUT2D eigenvalue weighted by Gasteiger charge is -2.16. The molecular formula is C25H16Cl2F3N3O3S. The average Bonchev–Trinajstić information content (AvgIpc) is 3.12. The number of halogens is 5. The first-order chi connectivity index (χ1) is 17.5. The van der Waals surface area contributed by atoms with Crippen LogP contribution in [0.5, 0.6) is 5.75 Å². The molecule has 2 amide bonds. The molecule has 0 spiro atoms. The molecule has 0 bridgehead atoms. The van der Waals surface area contributed by atoms with Crippen molar-refractivity contribution in [2.45, 2.75) is 6.18 Å². The van der Waals surface area contributed by atoms with Crippen LogP contribution >= 0.6 is 35.0 Å². The van der Waals surface area contributed by atoms with Crippen molar-refractivity contribution in [3.05, 3.63) is 92.8 Å². The van der Waals surface area contributed by atoms with Gasteiger partial charge in [-0.2, -0.15) is 13.2 Å². The average molecular weight is 566 g/mol. The number of hydrogen-bond acceptors (Lipinski definition) is 5. The summed E-state index contributed by atoms with van der Waals surface area (Å²) in [5.41, 5.74) is -0.142. The highest BCUT2D eigenvalue weighted by Crippen LogP contribution is 2.39. The molecule has 1 heterocycles. The lowest BCUT2D eigenvalue weighted by Crippen LogP contribution is -2.28. The Bertz CT molecular complexity index is 1410. The van der Waals surface area contributed by atoms with Crippen LogP contribution in [0.15, 0.2) is 71.6 Å². The third kappa shape index (κ3) is 6.46. The predicted molar refractivity (Wildman–Crippen MR) is 139 cm³/mol. The fourth-order valence-corrected chi connectivity index (χ4v) is 4.48. The van der Waals surface area contributed by atoms with Gasteiger partial charge in [-0.15, -0.1) is 0 Å². The van der Waals surface area contributed by atoms with E-state index in [-0.39, 0.29) is 28.1 Å². The molecule has 3 aromatic rings. The third-order valence-corrected chi connectivity index (χ3v) is 6.38. The third-order valence-electron chi connectivity index (χ3n) is 5.00. The molecule has 0 atom stereocenters. The molecular weight excluding hydrogens is 550 g/mol. The number of amides is 2. The molecule has 0 unspecified atom stereocenters. The van der Waals surface area contributed by atoms with E-state index in [1.807, 2.05) is 0 Å². The molecule has 0 saturated carbocycles. The van der Waals surface area contributed by atoms with Gasteiger partial charge in [-0.25, -0.2) is 0 Å². The number of thioether (sulfide) groups is 1. The Hall–Kier alpha value is -3.47. The molecule has 1 aliphatic heterocycles. The second-order valence-corrected chi connectivity index (χ2v) is 9.53. The Morgan fingerprint density at radius 2 is 1.76 bits per heavy atom. The normalized spacial score (nSPS) is 14.8. The van der Waals surface area contributed by atoms with Gasteiger partial charge < -0.3 is 10.1 Å². The van der Waals surface area contributed by atoms with Crippen LogP contribution in [0, 0.1) is 5.41 Å². The van der Waals surface area contributed by atoms with Gasteiger partial charge in [-0.1, -0.05) is 29.3 Å². The number of alkyl halides is 3. The lowest BCUT2D eigenvalue weighted by molar-refractivity contribution is -0.137. The lowest BCUT2D eigenvalue weighted by atomic mass is 10.1. The zero-order valence-corrected chi connectivity index (χ0v) is 20.9. The van der Waals surface area contributed by atoms with Crippen LogP contribution in [0.1, 0.15) is 11.1 Å². The largest absolute Gasteiger partial charge is 0.483 e. The minimum Gasteiger partial charge on any atom is -0.483 e. The van der Waals surface area contributed by atoms with Gasteiger partial charge in [0.25, 0.3) is 11.8 Å². The van der Waals surface area contributed by atoms with Gasteiger partial charge in [-0.3, -0.25) is 19.9 Å². The number of hydrogen-bond donors (Lipinski definition) is 2. The Morgan fingerprint density at radius 1 is 1.05 bits per heavy atom. The summed E-state index contributed by atoms with van der Waals surface area (Å²) in [5, 5.41) is 11.4. The summed E-state index contributed by atoms with van der Waals surface area (Å²) in [6.07, 6.45) is -3.19. The van der Waals surface area contributed by atoms with E-state index in [2.05, 4.69) is 5.32 Å². The van der Waals surface area contributed by atoms with E-state index < -0.39 is 23.6 Å². The number of amidine groups is 1. The Labute approximate surface area is 223 Å². The monoisotopic (exact) mass is 565 g/mol. The summed E-state index contributed by atoms with van der Waals surface area (Å²) >= 11 is 12.7. The molecule has 1 fully saturated rings. The molecule has 4 rings (SSSR count). The standard InChI is InChI=1S/C25H16Cl2F3N3O3S/c26-16-4-7-18(8-5-16)32-22(34)13-36-20-9-6-17(27)10-14(20)11-21-23(35)33(24(31)37-21)19-3-1-2-15(12-19)25(28,29)30/h1-12,31H,13H2,(H,32,34)/b21-11-,31-24?. The van der Waals surface area contributed by atoms with Gasteiger partial charge in [0.2, 0.25) is 0 Å². The topological polar surface area (TPSA) is 82.5 Å². The van der Waals surface area contributed by atoms with E-state index in [0.717, 1.165) is 28.8 Å². The van der Waals surface area contributed by atoms with Crippen molar-refractivity contribution in [1.29, 1.82) is 5.41 Å². The van der Waals surface area contributed by atoms with Crippen LogP contribution in [0.4, 0.5) is 24.5 Å². The maximum atomic E-state index is 13.1. The number of nitrogens with zero attached hydrogens (tertiary/aromatic N) is 1. The van der Waals surface area contributed by atoms with Gasteiger partial charge in [0, 0.05) is 21.3 Å². The molecule has 0 radical (unpaired) electrons. The summed E-state index contributed by atoms with van der Waals surface area (Å²) in [5.74, 6) is -0.888. The van der Waals surface area contributed by atoms with Crippen LogP contribution in [-0.4, -0.2) is 23.6 Å².